The third-order valence-corrected chi connectivity index (χ3v) is 5.24. The van der Waals surface area contributed by atoms with E-state index in [0.717, 1.165) is 16.1 Å². The zero-order valence-electron chi connectivity index (χ0n) is 12.6. The Morgan fingerprint density at radius 1 is 1.21 bits per heavy atom. The van der Waals surface area contributed by atoms with Gasteiger partial charge in [0.1, 0.15) is 6.54 Å². The summed E-state index contributed by atoms with van der Waals surface area (Å²) in [4.78, 5) is 26.9. The molecule has 2 aromatic carbocycles. The summed E-state index contributed by atoms with van der Waals surface area (Å²) in [6.07, 6.45) is 0. The first-order valence-electron chi connectivity index (χ1n) is 7.27. The van der Waals surface area contributed by atoms with Crippen LogP contribution in [0.3, 0.4) is 0 Å². The number of hydrogen-bond acceptors (Lipinski definition) is 3. The van der Waals surface area contributed by atoms with E-state index >= 15 is 0 Å². The number of fused-ring (bicyclic) bond motifs is 1. The molecule has 2 amide bonds. The van der Waals surface area contributed by atoms with Crippen LogP contribution >= 0.6 is 35.0 Å². The minimum atomic E-state index is -0.240. The maximum atomic E-state index is 12.2. The van der Waals surface area contributed by atoms with Crippen LogP contribution < -0.4 is 10.2 Å². The number of rotatable bonds is 4. The Labute approximate surface area is 154 Å². The molecule has 3 rings (SSSR count). The fourth-order valence-electron chi connectivity index (χ4n) is 2.39. The first-order chi connectivity index (χ1) is 11.5. The van der Waals surface area contributed by atoms with E-state index in [1.165, 1.54) is 16.7 Å². The molecular formula is C17H14Cl2N2O2S. The largest absolute Gasteiger partial charge is 0.350 e. The number of nitrogens with one attached hydrogen (secondary N) is 1. The van der Waals surface area contributed by atoms with Gasteiger partial charge in [0.2, 0.25) is 11.8 Å². The van der Waals surface area contributed by atoms with Crippen LogP contribution in [0.25, 0.3) is 0 Å². The number of hydrogen-bond donors (Lipinski definition) is 1. The number of nitrogens with zero attached hydrogens (tertiary/aromatic N) is 1. The number of amides is 2. The predicted octanol–water partition coefficient (Wildman–Crippen LogP) is 3.75. The maximum absolute atomic E-state index is 12.2. The summed E-state index contributed by atoms with van der Waals surface area (Å²) in [5.41, 5.74) is 1.55. The fraction of sp³-hybridized carbons (Fsp3) is 0.176. The summed E-state index contributed by atoms with van der Waals surface area (Å²) in [7, 11) is 0. The van der Waals surface area contributed by atoms with Crippen LogP contribution in [0.2, 0.25) is 10.0 Å². The Bertz CT molecular complexity index is 798. The number of carbonyl (C=O) groups excluding carboxylic acids is 2. The Morgan fingerprint density at radius 2 is 2.00 bits per heavy atom. The number of benzene rings is 2. The maximum Gasteiger partial charge on any atom is 0.240 e. The molecule has 0 radical (unpaired) electrons. The van der Waals surface area contributed by atoms with Gasteiger partial charge in [0.25, 0.3) is 0 Å². The second kappa shape index (κ2) is 7.47. The number of halogens is 2. The van der Waals surface area contributed by atoms with Gasteiger partial charge in [-0.05, 0) is 29.8 Å². The van der Waals surface area contributed by atoms with Gasteiger partial charge in [0.15, 0.2) is 0 Å². The molecule has 24 heavy (non-hydrogen) atoms. The topological polar surface area (TPSA) is 49.4 Å². The lowest BCUT2D eigenvalue weighted by atomic mass is 10.2. The van der Waals surface area contributed by atoms with E-state index in [1.54, 1.807) is 18.2 Å². The number of anilines is 1. The molecule has 0 fully saturated rings. The van der Waals surface area contributed by atoms with Crippen LogP contribution in [0.1, 0.15) is 5.56 Å². The molecule has 0 bridgehead atoms. The van der Waals surface area contributed by atoms with E-state index in [1.807, 2.05) is 24.3 Å². The molecule has 0 atom stereocenters. The number of thioether (sulfide) groups is 1. The van der Waals surface area contributed by atoms with E-state index in [0.29, 0.717) is 15.8 Å². The van der Waals surface area contributed by atoms with Crippen molar-refractivity contribution in [3.8, 4) is 0 Å². The Balaban J connectivity index is 1.65. The fourth-order valence-corrected chi connectivity index (χ4v) is 3.80. The van der Waals surface area contributed by atoms with Crippen LogP contribution in [0.15, 0.2) is 47.4 Å². The molecule has 0 spiro atoms. The third-order valence-electron chi connectivity index (χ3n) is 3.60. The van der Waals surface area contributed by atoms with Crippen molar-refractivity contribution in [1.29, 1.82) is 0 Å². The highest BCUT2D eigenvalue weighted by molar-refractivity contribution is 8.00. The molecule has 2 aromatic rings. The molecule has 1 aliphatic rings. The van der Waals surface area contributed by atoms with Crippen LogP contribution in [-0.4, -0.2) is 24.1 Å². The van der Waals surface area contributed by atoms with Crippen LogP contribution in [0, 0.1) is 0 Å². The predicted molar refractivity (Wildman–Crippen MR) is 97.8 cm³/mol. The Morgan fingerprint density at radius 3 is 2.79 bits per heavy atom. The summed E-state index contributed by atoms with van der Waals surface area (Å²) in [5, 5.41) is 3.83. The quantitative estimate of drug-likeness (QED) is 0.878. The number of carbonyl (C=O) groups is 2. The van der Waals surface area contributed by atoms with Crippen molar-refractivity contribution in [3.63, 3.8) is 0 Å². The van der Waals surface area contributed by atoms with Crippen molar-refractivity contribution in [2.24, 2.45) is 0 Å². The summed E-state index contributed by atoms with van der Waals surface area (Å²) in [6, 6.07) is 12.7. The molecule has 0 unspecified atom stereocenters. The van der Waals surface area contributed by atoms with Crippen LogP contribution in [-0.2, 0) is 16.1 Å². The highest BCUT2D eigenvalue weighted by Gasteiger charge is 2.26. The standard InChI is InChI=1S/C17H14Cl2N2O2S/c18-12-6-5-11(13(19)7-12)8-20-16(22)9-21-14-3-1-2-4-15(14)24-10-17(21)23/h1-7H,8-10H2,(H,20,22). The van der Waals surface area contributed by atoms with E-state index in [9.17, 15) is 9.59 Å². The summed E-state index contributed by atoms with van der Waals surface area (Å²) in [6.45, 7) is 0.273. The van der Waals surface area contributed by atoms with Gasteiger partial charge >= 0.3 is 0 Å². The van der Waals surface area contributed by atoms with Crippen molar-refractivity contribution in [1.82, 2.24) is 5.32 Å². The molecule has 124 valence electrons. The van der Waals surface area contributed by atoms with Gasteiger partial charge in [-0.25, -0.2) is 0 Å². The second-order valence-electron chi connectivity index (χ2n) is 5.25. The lowest BCUT2D eigenvalue weighted by molar-refractivity contribution is -0.123. The minimum Gasteiger partial charge on any atom is -0.350 e. The summed E-state index contributed by atoms with van der Waals surface area (Å²) < 4.78 is 0. The molecule has 7 heteroatoms. The molecule has 0 saturated heterocycles. The van der Waals surface area contributed by atoms with E-state index in [-0.39, 0.29) is 24.9 Å². The third kappa shape index (κ3) is 3.86. The lowest BCUT2D eigenvalue weighted by Crippen LogP contribution is -2.43. The highest BCUT2D eigenvalue weighted by atomic mass is 35.5. The van der Waals surface area contributed by atoms with E-state index in [2.05, 4.69) is 5.32 Å². The van der Waals surface area contributed by atoms with Crippen molar-refractivity contribution < 1.29 is 9.59 Å². The zero-order valence-corrected chi connectivity index (χ0v) is 14.9. The van der Waals surface area contributed by atoms with Crippen LogP contribution in [0.5, 0.6) is 0 Å². The van der Waals surface area contributed by atoms with Gasteiger partial charge in [-0.3, -0.25) is 9.59 Å². The normalized spacial score (nSPS) is 13.6. The van der Waals surface area contributed by atoms with Gasteiger partial charge in [-0.15, -0.1) is 11.8 Å². The minimum absolute atomic E-state index is 0.0123. The van der Waals surface area contributed by atoms with Crippen molar-refractivity contribution >= 4 is 52.5 Å². The molecule has 1 heterocycles. The van der Waals surface area contributed by atoms with Crippen molar-refractivity contribution in [3.05, 3.63) is 58.1 Å². The molecule has 4 nitrogen and oxygen atoms in total. The van der Waals surface area contributed by atoms with Gasteiger partial charge in [-0.2, -0.15) is 0 Å². The molecule has 0 saturated carbocycles. The van der Waals surface area contributed by atoms with Gasteiger partial charge in [0.05, 0.1) is 11.4 Å². The molecule has 0 aliphatic carbocycles. The molecule has 1 aliphatic heterocycles. The van der Waals surface area contributed by atoms with Crippen molar-refractivity contribution in [2.75, 3.05) is 17.2 Å². The Kier molecular flexibility index (Phi) is 5.33. The van der Waals surface area contributed by atoms with Crippen molar-refractivity contribution in [2.45, 2.75) is 11.4 Å². The molecule has 0 aromatic heterocycles. The molecular weight excluding hydrogens is 367 g/mol. The SMILES string of the molecule is O=C(CN1C(=O)CSc2ccccc21)NCc1ccc(Cl)cc1Cl. The summed E-state index contributed by atoms with van der Waals surface area (Å²) >= 11 is 13.4. The average Bonchev–Trinajstić information content (AvgIpc) is 2.57. The highest BCUT2D eigenvalue weighted by Crippen LogP contribution is 2.34. The van der Waals surface area contributed by atoms with Crippen LogP contribution in [0.4, 0.5) is 5.69 Å². The van der Waals surface area contributed by atoms with E-state index in [4.69, 9.17) is 23.2 Å². The van der Waals surface area contributed by atoms with Gasteiger partial charge in [0, 0.05) is 21.5 Å². The smallest absolute Gasteiger partial charge is 0.240 e. The van der Waals surface area contributed by atoms with E-state index < -0.39 is 0 Å². The first kappa shape index (κ1) is 17.1. The average molecular weight is 381 g/mol. The monoisotopic (exact) mass is 380 g/mol. The van der Waals surface area contributed by atoms with Gasteiger partial charge in [-0.1, -0.05) is 41.4 Å². The first-order valence-corrected chi connectivity index (χ1v) is 9.01. The molecule has 1 N–H and O–H groups in total. The van der Waals surface area contributed by atoms with Gasteiger partial charge < -0.3 is 10.2 Å². The number of para-hydroxylation sites is 1. The second-order valence-corrected chi connectivity index (χ2v) is 7.11. The zero-order chi connectivity index (χ0) is 17.1. The lowest BCUT2D eigenvalue weighted by Gasteiger charge is -2.28. The summed E-state index contributed by atoms with van der Waals surface area (Å²) in [5.74, 6) is 0.0299. The Hall–Kier alpha value is -1.69.